The van der Waals surface area contributed by atoms with E-state index in [2.05, 4.69) is 49.2 Å². The van der Waals surface area contributed by atoms with Crippen molar-refractivity contribution >= 4 is 17.3 Å². The first-order chi connectivity index (χ1) is 7.72. The monoisotopic (exact) mass is 240 g/mol. The van der Waals surface area contributed by atoms with Crippen molar-refractivity contribution in [3.63, 3.8) is 0 Å². The van der Waals surface area contributed by atoms with Crippen LogP contribution in [0.25, 0.3) is 0 Å². The molecule has 0 spiro atoms. The van der Waals surface area contributed by atoms with Crippen LogP contribution in [0.4, 0.5) is 5.69 Å². The number of hydrogen-bond acceptors (Lipinski definition) is 2. The molecule has 3 heteroatoms. The lowest BCUT2D eigenvalue weighted by Gasteiger charge is -2.21. The van der Waals surface area contributed by atoms with Crippen LogP contribution in [0, 0.1) is 0 Å². The number of anilines is 1. The first kappa shape index (κ1) is 13.3. The highest BCUT2D eigenvalue weighted by atomic mass is 35.5. The Bertz CT molecular complexity index is 322. The molecule has 0 heterocycles. The van der Waals surface area contributed by atoms with Gasteiger partial charge in [-0.05, 0) is 38.1 Å². The van der Waals surface area contributed by atoms with Gasteiger partial charge in [-0.25, -0.2) is 0 Å². The average Bonchev–Trinajstić information content (AvgIpc) is 2.29. The van der Waals surface area contributed by atoms with Gasteiger partial charge in [-0.15, -0.1) is 0 Å². The van der Waals surface area contributed by atoms with Gasteiger partial charge in [-0.3, -0.25) is 0 Å². The predicted octanol–water partition coefficient (Wildman–Crippen LogP) is 3.30. The zero-order valence-electron chi connectivity index (χ0n) is 10.4. The normalized spacial score (nSPS) is 10.5. The molecule has 1 aromatic rings. The van der Waals surface area contributed by atoms with Crippen molar-refractivity contribution in [2.45, 2.75) is 27.3 Å². The molecule has 0 fully saturated rings. The minimum Gasteiger partial charge on any atom is -0.372 e. The summed E-state index contributed by atoms with van der Waals surface area (Å²) in [4.78, 5) is 2.29. The van der Waals surface area contributed by atoms with Crippen LogP contribution in [0.15, 0.2) is 18.2 Å². The van der Waals surface area contributed by atoms with Crippen LogP contribution in [-0.4, -0.2) is 19.6 Å². The summed E-state index contributed by atoms with van der Waals surface area (Å²) in [6.07, 6.45) is 0. The lowest BCUT2D eigenvalue weighted by atomic mass is 10.2. The van der Waals surface area contributed by atoms with E-state index in [1.54, 1.807) is 0 Å². The second-order valence-corrected chi connectivity index (χ2v) is 4.14. The van der Waals surface area contributed by atoms with E-state index < -0.39 is 0 Å². The topological polar surface area (TPSA) is 15.3 Å². The molecule has 0 aromatic heterocycles. The number of hydrogen-bond donors (Lipinski definition) is 1. The lowest BCUT2D eigenvalue weighted by molar-refractivity contribution is 0.726. The Morgan fingerprint density at radius 1 is 1.19 bits per heavy atom. The van der Waals surface area contributed by atoms with Gasteiger partial charge in [0.25, 0.3) is 0 Å². The molecule has 2 nitrogen and oxygen atoms in total. The molecule has 0 radical (unpaired) electrons. The van der Waals surface area contributed by atoms with Crippen LogP contribution in [0.3, 0.4) is 0 Å². The molecular weight excluding hydrogens is 220 g/mol. The molecule has 0 atom stereocenters. The summed E-state index contributed by atoms with van der Waals surface area (Å²) in [7, 11) is 0. The Kier molecular flexibility index (Phi) is 5.64. The highest BCUT2D eigenvalue weighted by Crippen LogP contribution is 2.23. The van der Waals surface area contributed by atoms with Crippen molar-refractivity contribution in [2.75, 3.05) is 24.5 Å². The lowest BCUT2D eigenvalue weighted by Crippen LogP contribution is -2.21. The molecule has 0 bridgehead atoms. The van der Waals surface area contributed by atoms with E-state index in [4.69, 9.17) is 11.6 Å². The van der Waals surface area contributed by atoms with Gasteiger partial charge >= 0.3 is 0 Å². The summed E-state index contributed by atoms with van der Waals surface area (Å²) in [5.41, 5.74) is 2.37. The molecule has 1 N–H and O–H groups in total. The van der Waals surface area contributed by atoms with Crippen molar-refractivity contribution in [2.24, 2.45) is 0 Å². The third-order valence-corrected chi connectivity index (χ3v) is 3.08. The molecular formula is C13H21ClN2. The largest absolute Gasteiger partial charge is 0.372 e. The molecule has 0 aliphatic heterocycles. The number of rotatable bonds is 6. The van der Waals surface area contributed by atoms with Crippen LogP contribution < -0.4 is 10.2 Å². The predicted molar refractivity (Wildman–Crippen MR) is 72.4 cm³/mol. The summed E-state index contributed by atoms with van der Waals surface area (Å²) in [5, 5.41) is 4.14. The Morgan fingerprint density at radius 3 is 2.38 bits per heavy atom. The van der Waals surface area contributed by atoms with Gasteiger partial charge in [-0.2, -0.15) is 0 Å². The summed E-state index contributed by atoms with van der Waals surface area (Å²) < 4.78 is 0. The fraction of sp³-hybridized carbons (Fsp3) is 0.538. The Balaban J connectivity index is 2.81. The molecule has 0 aliphatic rings. The van der Waals surface area contributed by atoms with Crippen LogP contribution in [0.5, 0.6) is 0 Å². The van der Waals surface area contributed by atoms with Crippen LogP contribution in [0.1, 0.15) is 26.3 Å². The maximum Gasteiger partial charge on any atom is 0.0471 e. The summed E-state index contributed by atoms with van der Waals surface area (Å²) in [6.45, 7) is 10.2. The standard InChI is InChI=1S/C13H21ClN2/c1-4-15-10-11-7-8-12(9-13(11)14)16(5-2)6-3/h7-9,15H,4-6,10H2,1-3H3. The molecule has 0 aliphatic carbocycles. The smallest absolute Gasteiger partial charge is 0.0471 e. The first-order valence-electron chi connectivity index (χ1n) is 5.97. The van der Waals surface area contributed by atoms with Crippen LogP contribution in [0.2, 0.25) is 5.02 Å². The van der Waals surface area contributed by atoms with Gasteiger partial charge in [-0.1, -0.05) is 24.6 Å². The maximum absolute atomic E-state index is 6.26. The third-order valence-electron chi connectivity index (χ3n) is 2.73. The van der Waals surface area contributed by atoms with Gasteiger partial charge in [0.15, 0.2) is 0 Å². The molecule has 0 saturated heterocycles. The molecule has 16 heavy (non-hydrogen) atoms. The number of benzene rings is 1. The fourth-order valence-corrected chi connectivity index (χ4v) is 1.97. The van der Waals surface area contributed by atoms with Crippen molar-refractivity contribution in [3.05, 3.63) is 28.8 Å². The molecule has 1 aromatic carbocycles. The zero-order valence-corrected chi connectivity index (χ0v) is 11.1. The van der Waals surface area contributed by atoms with Gasteiger partial charge in [0.1, 0.15) is 0 Å². The minimum absolute atomic E-state index is 0.841. The van der Waals surface area contributed by atoms with Gasteiger partial charge in [0, 0.05) is 30.3 Å². The second kappa shape index (κ2) is 6.77. The van der Waals surface area contributed by atoms with Gasteiger partial charge in [0.05, 0.1) is 0 Å². The number of nitrogens with zero attached hydrogens (tertiary/aromatic N) is 1. The highest BCUT2D eigenvalue weighted by Gasteiger charge is 2.05. The van der Waals surface area contributed by atoms with Crippen molar-refractivity contribution < 1.29 is 0 Å². The Labute approximate surface area is 104 Å². The van der Waals surface area contributed by atoms with E-state index in [9.17, 15) is 0 Å². The van der Waals surface area contributed by atoms with Crippen LogP contribution >= 0.6 is 11.6 Å². The Hall–Kier alpha value is -0.730. The third kappa shape index (κ3) is 3.39. The average molecular weight is 241 g/mol. The summed E-state index contributed by atoms with van der Waals surface area (Å²) in [5.74, 6) is 0. The minimum atomic E-state index is 0.841. The van der Waals surface area contributed by atoms with E-state index in [-0.39, 0.29) is 0 Å². The molecule has 0 unspecified atom stereocenters. The zero-order chi connectivity index (χ0) is 12.0. The summed E-state index contributed by atoms with van der Waals surface area (Å²) >= 11 is 6.26. The van der Waals surface area contributed by atoms with Crippen molar-refractivity contribution in [1.29, 1.82) is 0 Å². The van der Waals surface area contributed by atoms with E-state index in [1.165, 1.54) is 11.3 Å². The van der Waals surface area contributed by atoms with Crippen LogP contribution in [-0.2, 0) is 6.54 Å². The van der Waals surface area contributed by atoms with Crippen molar-refractivity contribution in [1.82, 2.24) is 5.32 Å². The Morgan fingerprint density at radius 2 is 1.88 bits per heavy atom. The van der Waals surface area contributed by atoms with E-state index in [1.807, 2.05) is 0 Å². The quantitative estimate of drug-likeness (QED) is 0.821. The molecule has 1 rings (SSSR count). The molecule has 0 amide bonds. The van der Waals surface area contributed by atoms with E-state index in [0.29, 0.717) is 0 Å². The second-order valence-electron chi connectivity index (χ2n) is 3.73. The summed E-state index contributed by atoms with van der Waals surface area (Å²) in [6, 6.07) is 6.31. The van der Waals surface area contributed by atoms with Crippen molar-refractivity contribution in [3.8, 4) is 0 Å². The fourth-order valence-electron chi connectivity index (χ4n) is 1.72. The van der Waals surface area contributed by atoms with Gasteiger partial charge in [0.2, 0.25) is 0 Å². The highest BCUT2D eigenvalue weighted by molar-refractivity contribution is 6.31. The van der Waals surface area contributed by atoms with E-state index in [0.717, 1.165) is 31.2 Å². The number of halogens is 1. The number of nitrogens with one attached hydrogen (secondary N) is 1. The maximum atomic E-state index is 6.26. The SMILES string of the molecule is CCNCc1ccc(N(CC)CC)cc1Cl. The van der Waals surface area contributed by atoms with Gasteiger partial charge < -0.3 is 10.2 Å². The van der Waals surface area contributed by atoms with E-state index >= 15 is 0 Å². The molecule has 90 valence electrons. The first-order valence-corrected chi connectivity index (χ1v) is 6.34. The molecule has 0 saturated carbocycles.